The number of aromatic amines is 1. The maximum Gasteiger partial charge on any atom is 0.271 e. The van der Waals surface area contributed by atoms with Crippen molar-refractivity contribution in [2.45, 2.75) is 0 Å². The number of hydrazone groups is 1. The zero-order chi connectivity index (χ0) is 21.5. The Hall–Kier alpha value is -4.01. The van der Waals surface area contributed by atoms with Crippen LogP contribution < -0.4 is 24.4 Å². The summed E-state index contributed by atoms with van der Waals surface area (Å²) in [7, 11) is 6.18. The lowest BCUT2D eigenvalue weighted by molar-refractivity contribution is 0.0954. The number of hydrogen-bond donors (Lipinski definition) is 2. The largest absolute Gasteiger partial charge is 0.493 e. The van der Waals surface area contributed by atoms with E-state index in [9.17, 15) is 4.79 Å². The van der Waals surface area contributed by atoms with Gasteiger partial charge in [0.1, 0.15) is 0 Å². The summed E-state index contributed by atoms with van der Waals surface area (Å²) >= 11 is 0. The normalized spacial score (nSPS) is 10.7. The second-order valence-corrected chi connectivity index (χ2v) is 6.04. The Bertz CT molecular complexity index is 1060. The number of amides is 1. The molecule has 1 amide bonds. The molecule has 156 valence electrons. The summed E-state index contributed by atoms with van der Waals surface area (Å²) < 4.78 is 21.0. The zero-order valence-electron chi connectivity index (χ0n) is 17.1. The van der Waals surface area contributed by atoms with E-state index >= 15 is 0 Å². The van der Waals surface area contributed by atoms with Crippen LogP contribution in [0.2, 0.25) is 0 Å². The first kappa shape index (κ1) is 20.7. The van der Waals surface area contributed by atoms with Gasteiger partial charge in [0.15, 0.2) is 23.0 Å². The quantitative estimate of drug-likeness (QED) is 0.437. The molecule has 9 nitrogen and oxygen atoms in total. The van der Waals surface area contributed by atoms with Gasteiger partial charge in [-0.15, -0.1) is 0 Å². The average Bonchev–Trinajstić information content (AvgIpc) is 3.26. The van der Waals surface area contributed by atoms with E-state index in [1.807, 2.05) is 12.1 Å². The Balaban J connectivity index is 1.76. The molecule has 0 saturated heterocycles. The number of H-pyrrole nitrogens is 1. The summed E-state index contributed by atoms with van der Waals surface area (Å²) in [5.74, 6) is 1.82. The maximum absolute atomic E-state index is 12.4. The third kappa shape index (κ3) is 4.35. The first-order valence-corrected chi connectivity index (χ1v) is 8.92. The highest BCUT2D eigenvalue weighted by Gasteiger charge is 2.12. The van der Waals surface area contributed by atoms with Gasteiger partial charge in [-0.25, -0.2) is 5.43 Å². The minimum atomic E-state index is -0.386. The first-order chi connectivity index (χ1) is 14.6. The van der Waals surface area contributed by atoms with Gasteiger partial charge in [-0.05, 0) is 36.4 Å². The third-order valence-electron chi connectivity index (χ3n) is 4.36. The number of hydrogen-bond acceptors (Lipinski definition) is 7. The Morgan fingerprint density at radius 3 is 2.23 bits per heavy atom. The van der Waals surface area contributed by atoms with Crippen molar-refractivity contribution >= 4 is 12.1 Å². The molecule has 3 rings (SSSR count). The fourth-order valence-corrected chi connectivity index (χ4v) is 2.82. The van der Waals surface area contributed by atoms with E-state index in [-0.39, 0.29) is 5.91 Å². The fourth-order valence-electron chi connectivity index (χ4n) is 2.82. The van der Waals surface area contributed by atoms with Gasteiger partial charge in [-0.1, -0.05) is 0 Å². The van der Waals surface area contributed by atoms with E-state index in [4.69, 9.17) is 18.9 Å². The topological polar surface area (TPSA) is 107 Å². The van der Waals surface area contributed by atoms with Crippen LogP contribution in [0.4, 0.5) is 0 Å². The molecule has 30 heavy (non-hydrogen) atoms. The molecule has 0 aliphatic carbocycles. The van der Waals surface area contributed by atoms with Crippen molar-refractivity contribution in [2.24, 2.45) is 5.10 Å². The Morgan fingerprint density at radius 1 is 0.933 bits per heavy atom. The number of carbonyl (C=O) groups excluding carboxylic acids is 1. The molecule has 0 fully saturated rings. The van der Waals surface area contributed by atoms with Crippen LogP contribution in [-0.2, 0) is 0 Å². The Morgan fingerprint density at radius 2 is 1.57 bits per heavy atom. The van der Waals surface area contributed by atoms with Crippen LogP contribution in [0.3, 0.4) is 0 Å². The van der Waals surface area contributed by atoms with Crippen LogP contribution in [0.25, 0.3) is 11.3 Å². The van der Waals surface area contributed by atoms with Gasteiger partial charge < -0.3 is 18.9 Å². The van der Waals surface area contributed by atoms with Gasteiger partial charge >= 0.3 is 0 Å². The number of rotatable bonds is 8. The number of carbonyl (C=O) groups is 1. The molecule has 2 aromatic carbocycles. The average molecular weight is 410 g/mol. The van der Waals surface area contributed by atoms with Crippen LogP contribution in [0, 0.1) is 0 Å². The number of methoxy groups -OCH3 is 4. The van der Waals surface area contributed by atoms with E-state index in [0.29, 0.717) is 34.1 Å². The zero-order valence-corrected chi connectivity index (χ0v) is 17.1. The van der Waals surface area contributed by atoms with Crippen molar-refractivity contribution in [1.29, 1.82) is 0 Å². The highest BCUT2D eigenvalue weighted by molar-refractivity contribution is 5.96. The monoisotopic (exact) mass is 410 g/mol. The predicted octanol–water partition coefficient (Wildman–Crippen LogP) is 2.88. The molecule has 0 aliphatic heterocycles. The number of aromatic nitrogens is 2. The highest BCUT2D eigenvalue weighted by Crippen LogP contribution is 2.32. The summed E-state index contributed by atoms with van der Waals surface area (Å²) in [6.07, 6.45) is 3.12. The fraction of sp³-hybridized carbons (Fsp3) is 0.190. The summed E-state index contributed by atoms with van der Waals surface area (Å²) in [5.41, 5.74) is 5.12. The predicted molar refractivity (Wildman–Crippen MR) is 112 cm³/mol. The molecule has 0 radical (unpaired) electrons. The molecular weight excluding hydrogens is 388 g/mol. The van der Waals surface area contributed by atoms with Crippen LogP contribution in [-0.4, -0.2) is 50.8 Å². The van der Waals surface area contributed by atoms with Crippen molar-refractivity contribution in [1.82, 2.24) is 15.6 Å². The number of nitrogens with one attached hydrogen (secondary N) is 2. The Kier molecular flexibility index (Phi) is 6.53. The van der Waals surface area contributed by atoms with Crippen molar-refractivity contribution in [2.75, 3.05) is 28.4 Å². The molecule has 1 aromatic heterocycles. The SMILES string of the molecule is COc1ccc(C(=O)NN=Cc2cn[nH]c2-c2ccc(OC)c(OC)c2)cc1OC. The van der Waals surface area contributed by atoms with Gasteiger partial charge in [0, 0.05) is 16.7 Å². The van der Waals surface area contributed by atoms with E-state index in [1.54, 1.807) is 44.7 Å². The number of ether oxygens (including phenoxy) is 4. The third-order valence-corrected chi connectivity index (χ3v) is 4.36. The molecule has 0 atom stereocenters. The summed E-state index contributed by atoms with van der Waals surface area (Å²) in [5, 5.41) is 11.0. The molecule has 0 bridgehead atoms. The second kappa shape index (κ2) is 9.46. The molecule has 0 spiro atoms. The lowest BCUT2D eigenvalue weighted by atomic mass is 10.1. The molecule has 0 aliphatic rings. The highest BCUT2D eigenvalue weighted by atomic mass is 16.5. The number of benzene rings is 2. The molecule has 0 unspecified atom stereocenters. The summed E-state index contributed by atoms with van der Waals surface area (Å²) in [6.45, 7) is 0. The van der Waals surface area contributed by atoms with Gasteiger partial charge in [-0.2, -0.15) is 10.2 Å². The van der Waals surface area contributed by atoms with Crippen molar-refractivity contribution in [3.63, 3.8) is 0 Å². The van der Waals surface area contributed by atoms with Gasteiger partial charge in [0.25, 0.3) is 5.91 Å². The molecule has 1 heterocycles. The van der Waals surface area contributed by atoms with Gasteiger partial charge in [0.2, 0.25) is 0 Å². The molecule has 3 aromatic rings. The lowest BCUT2D eigenvalue weighted by Crippen LogP contribution is -2.17. The second-order valence-electron chi connectivity index (χ2n) is 6.04. The Labute approximate surface area is 173 Å². The molecule has 0 saturated carbocycles. The van der Waals surface area contributed by atoms with E-state index in [1.165, 1.54) is 20.4 Å². The molecular formula is C21H22N4O5. The number of nitrogens with zero attached hydrogens (tertiary/aromatic N) is 2. The summed E-state index contributed by atoms with van der Waals surface area (Å²) in [4.78, 5) is 12.4. The smallest absolute Gasteiger partial charge is 0.271 e. The van der Waals surface area contributed by atoms with Crippen LogP contribution in [0.15, 0.2) is 47.7 Å². The van der Waals surface area contributed by atoms with Crippen molar-refractivity contribution in [3.8, 4) is 34.3 Å². The van der Waals surface area contributed by atoms with Crippen molar-refractivity contribution in [3.05, 3.63) is 53.7 Å². The lowest BCUT2D eigenvalue weighted by Gasteiger charge is -2.09. The van der Waals surface area contributed by atoms with E-state index < -0.39 is 0 Å². The van der Waals surface area contributed by atoms with E-state index in [2.05, 4.69) is 20.7 Å². The molecule has 9 heteroatoms. The maximum atomic E-state index is 12.4. The van der Waals surface area contributed by atoms with Gasteiger partial charge in [0.05, 0.1) is 46.5 Å². The minimum absolute atomic E-state index is 0.386. The summed E-state index contributed by atoms with van der Waals surface area (Å²) in [6, 6.07) is 10.4. The van der Waals surface area contributed by atoms with Crippen LogP contribution in [0.5, 0.6) is 23.0 Å². The van der Waals surface area contributed by atoms with Crippen LogP contribution >= 0.6 is 0 Å². The minimum Gasteiger partial charge on any atom is -0.493 e. The van der Waals surface area contributed by atoms with Crippen LogP contribution in [0.1, 0.15) is 15.9 Å². The standard InChI is InChI=1S/C21H22N4O5/c1-27-16-7-5-13(9-18(16)29-3)20-15(11-22-24-20)12-23-25-21(26)14-6-8-17(28-2)19(10-14)30-4/h5-12H,1-4H3,(H,22,24)(H,25,26). The van der Waals surface area contributed by atoms with Crippen molar-refractivity contribution < 1.29 is 23.7 Å². The van der Waals surface area contributed by atoms with Gasteiger partial charge in [-0.3, -0.25) is 9.89 Å². The van der Waals surface area contributed by atoms with E-state index in [0.717, 1.165) is 11.3 Å². The molecule has 2 N–H and O–H groups in total. The first-order valence-electron chi connectivity index (χ1n) is 8.92.